The van der Waals surface area contributed by atoms with Crippen molar-refractivity contribution in [1.82, 2.24) is 10.2 Å². The van der Waals surface area contributed by atoms with Gasteiger partial charge in [-0.1, -0.05) is 66.5 Å². The second-order valence-electron chi connectivity index (χ2n) is 8.95. The Labute approximate surface area is 245 Å². The lowest BCUT2D eigenvalue weighted by molar-refractivity contribution is -0.139. The average Bonchev–Trinajstić information content (AvgIpc) is 2.94. The lowest BCUT2D eigenvalue weighted by Crippen LogP contribution is -2.51. The number of nitrogens with zero attached hydrogens (tertiary/aromatic N) is 2. The van der Waals surface area contributed by atoms with Gasteiger partial charge in [0.1, 0.15) is 18.3 Å². The van der Waals surface area contributed by atoms with E-state index in [4.69, 9.17) is 27.9 Å². The maximum Gasteiger partial charge on any atom is 0.264 e. The van der Waals surface area contributed by atoms with Crippen molar-refractivity contribution in [3.8, 4) is 5.75 Å². The average molecular weight is 607 g/mol. The van der Waals surface area contributed by atoms with Gasteiger partial charge in [0.2, 0.25) is 11.8 Å². The fourth-order valence-corrected chi connectivity index (χ4v) is 5.90. The molecule has 0 aliphatic heterocycles. The van der Waals surface area contributed by atoms with Gasteiger partial charge in [-0.25, -0.2) is 8.42 Å². The van der Waals surface area contributed by atoms with Crippen molar-refractivity contribution in [2.24, 2.45) is 0 Å². The molecule has 2 amide bonds. The van der Waals surface area contributed by atoms with Crippen molar-refractivity contribution in [2.75, 3.05) is 24.0 Å². The van der Waals surface area contributed by atoms with Crippen LogP contribution in [0.5, 0.6) is 5.75 Å². The molecule has 0 aliphatic rings. The van der Waals surface area contributed by atoms with Crippen molar-refractivity contribution in [1.29, 1.82) is 0 Å². The first-order chi connectivity index (χ1) is 19.1. The summed E-state index contributed by atoms with van der Waals surface area (Å²) < 4.78 is 34.6. The standard InChI is InChI=1S/C29H33Cl2N3O5S/c1-4-17-32-29(36)21(3)33(19-22-15-16-23(30)18-25(22)31)28(35)20-34(26-13-9-10-14-27(26)39-5-2)40(37,38)24-11-7-6-8-12-24/h6-16,18,21H,4-5,17,19-20H2,1-3H3,(H,32,36). The van der Waals surface area contributed by atoms with Gasteiger partial charge in [0, 0.05) is 23.1 Å². The molecule has 3 aromatic carbocycles. The Morgan fingerprint density at radius 1 is 0.975 bits per heavy atom. The fourth-order valence-electron chi connectivity index (χ4n) is 3.99. The first-order valence-corrected chi connectivity index (χ1v) is 15.1. The van der Waals surface area contributed by atoms with Crippen molar-refractivity contribution >= 4 is 50.7 Å². The molecular formula is C29H33Cl2N3O5S. The van der Waals surface area contributed by atoms with Gasteiger partial charge in [0.05, 0.1) is 17.2 Å². The molecule has 1 N–H and O–H groups in total. The van der Waals surface area contributed by atoms with Crippen LogP contribution < -0.4 is 14.4 Å². The van der Waals surface area contributed by atoms with Crippen molar-refractivity contribution in [3.63, 3.8) is 0 Å². The van der Waals surface area contributed by atoms with Crippen LogP contribution in [0.4, 0.5) is 5.69 Å². The normalized spacial score (nSPS) is 11.9. The Bertz CT molecular complexity index is 1420. The van der Waals surface area contributed by atoms with E-state index in [1.807, 2.05) is 6.92 Å². The van der Waals surface area contributed by atoms with Crippen molar-refractivity contribution in [3.05, 3.63) is 88.4 Å². The Hall–Kier alpha value is -3.27. The molecule has 3 aromatic rings. The molecule has 11 heteroatoms. The lowest BCUT2D eigenvalue weighted by atomic mass is 10.1. The molecule has 8 nitrogen and oxygen atoms in total. The van der Waals surface area contributed by atoms with Crippen LogP contribution in [-0.4, -0.2) is 50.9 Å². The summed E-state index contributed by atoms with van der Waals surface area (Å²) in [6, 6.07) is 18.4. The number of carbonyl (C=O) groups is 2. The largest absolute Gasteiger partial charge is 0.492 e. The van der Waals surface area contributed by atoms with Crippen LogP contribution in [-0.2, 0) is 26.2 Å². The molecule has 1 unspecified atom stereocenters. The Morgan fingerprint density at radius 3 is 2.30 bits per heavy atom. The number of amides is 2. The van der Waals surface area contributed by atoms with Gasteiger partial charge in [-0.2, -0.15) is 0 Å². The molecule has 3 rings (SSSR count). The highest BCUT2D eigenvalue weighted by molar-refractivity contribution is 7.92. The third-order valence-electron chi connectivity index (χ3n) is 6.12. The van der Waals surface area contributed by atoms with Gasteiger partial charge < -0.3 is 15.0 Å². The topological polar surface area (TPSA) is 96.0 Å². The monoisotopic (exact) mass is 605 g/mol. The molecule has 0 radical (unpaired) electrons. The maximum absolute atomic E-state index is 14.0. The number of hydrogen-bond donors (Lipinski definition) is 1. The zero-order chi connectivity index (χ0) is 29.3. The molecule has 40 heavy (non-hydrogen) atoms. The van der Waals surface area contributed by atoms with Crippen LogP contribution >= 0.6 is 23.2 Å². The third kappa shape index (κ3) is 7.68. The van der Waals surface area contributed by atoms with Crippen LogP contribution in [0.25, 0.3) is 0 Å². The molecule has 0 bridgehead atoms. The second kappa shape index (κ2) is 14.4. The molecule has 214 valence electrons. The molecule has 0 aromatic heterocycles. The van der Waals surface area contributed by atoms with Crippen LogP contribution in [0.15, 0.2) is 77.7 Å². The smallest absolute Gasteiger partial charge is 0.264 e. The molecule has 0 aliphatic carbocycles. The van der Waals surface area contributed by atoms with Gasteiger partial charge in [0.25, 0.3) is 10.0 Å². The number of sulfonamides is 1. The van der Waals surface area contributed by atoms with Gasteiger partial charge in [-0.05, 0) is 62.2 Å². The van der Waals surface area contributed by atoms with E-state index in [1.54, 1.807) is 74.5 Å². The number of hydrogen-bond acceptors (Lipinski definition) is 5. The predicted molar refractivity (Wildman–Crippen MR) is 158 cm³/mol. The fraction of sp³-hybridized carbons (Fsp3) is 0.310. The molecular weight excluding hydrogens is 573 g/mol. The Morgan fingerprint density at radius 2 is 1.65 bits per heavy atom. The van der Waals surface area contributed by atoms with E-state index in [0.29, 0.717) is 40.9 Å². The SMILES string of the molecule is CCCNC(=O)C(C)N(Cc1ccc(Cl)cc1Cl)C(=O)CN(c1ccccc1OCC)S(=O)(=O)c1ccccc1. The Kier molecular flexibility index (Phi) is 11.2. The molecule has 0 heterocycles. The molecule has 0 fully saturated rings. The van der Waals surface area contributed by atoms with E-state index in [9.17, 15) is 18.0 Å². The quantitative estimate of drug-likeness (QED) is 0.276. The summed E-state index contributed by atoms with van der Waals surface area (Å²) in [7, 11) is -4.21. The Balaban J connectivity index is 2.08. The summed E-state index contributed by atoms with van der Waals surface area (Å²) in [5.41, 5.74) is 0.760. The van der Waals surface area contributed by atoms with Gasteiger partial charge in [-0.15, -0.1) is 0 Å². The molecule has 1 atom stereocenters. The van der Waals surface area contributed by atoms with Gasteiger partial charge in [-0.3, -0.25) is 13.9 Å². The first kappa shape index (κ1) is 31.3. The van der Waals surface area contributed by atoms with Crippen molar-refractivity contribution in [2.45, 2.75) is 44.7 Å². The van der Waals surface area contributed by atoms with Crippen LogP contribution in [0.3, 0.4) is 0 Å². The summed E-state index contributed by atoms with van der Waals surface area (Å²) in [6.07, 6.45) is 0.715. The highest BCUT2D eigenvalue weighted by Crippen LogP contribution is 2.33. The summed E-state index contributed by atoms with van der Waals surface area (Å²) in [4.78, 5) is 28.3. The zero-order valence-corrected chi connectivity index (χ0v) is 25.0. The molecule has 0 saturated carbocycles. The minimum Gasteiger partial charge on any atom is -0.492 e. The van der Waals surface area contributed by atoms with E-state index in [2.05, 4.69) is 5.32 Å². The summed E-state index contributed by atoms with van der Waals surface area (Å²) in [6.45, 7) is 5.40. The van der Waals surface area contributed by atoms with E-state index in [1.165, 1.54) is 17.0 Å². The lowest BCUT2D eigenvalue weighted by Gasteiger charge is -2.32. The first-order valence-electron chi connectivity index (χ1n) is 12.9. The number of halogens is 2. The highest BCUT2D eigenvalue weighted by atomic mass is 35.5. The summed E-state index contributed by atoms with van der Waals surface area (Å²) in [5, 5.41) is 3.55. The number of carbonyl (C=O) groups excluding carboxylic acids is 2. The van der Waals surface area contributed by atoms with Gasteiger partial charge in [0.15, 0.2) is 0 Å². The number of anilines is 1. The minimum atomic E-state index is -4.21. The van der Waals surface area contributed by atoms with E-state index < -0.39 is 28.5 Å². The van der Waals surface area contributed by atoms with Gasteiger partial charge >= 0.3 is 0 Å². The maximum atomic E-state index is 14.0. The van der Waals surface area contributed by atoms with E-state index >= 15 is 0 Å². The predicted octanol–water partition coefficient (Wildman–Crippen LogP) is 5.53. The van der Waals surface area contributed by atoms with Crippen LogP contribution in [0.1, 0.15) is 32.8 Å². The van der Waals surface area contributed by atoms with E-state index in [0.717, 1.165) is 4.31 Å². The number of para-hydroxylation sites is 2. The number of rotatable bonds is 13. The summed E-state index contributed by atoms with van der Waals surface area (Å²) in [5.74, 6) is -0.665. The number of benzene rings is 3. The van der Waals surface area contributed by atoms with Crippen LogP contribution in [0.2, 0.25) is 10.0 Å². The van der Waals surface area contributed by atoms with Crippen molar-refractivity contribution < 1.29 is 22.7 Å². The van der Waals surface area contributed by atoms with E-state index in [-0.39, 0.29) is 23.0 Å². The molecule has 0 saturated heterocycles. The van der Waals surface area contributed by atoms with Crippen LogP contribution in [0, 0.1) is 0 Å². The summed E-state index contributed by atoms with van der Waals surface area (Å²) >= 11 is 12.5. The third-order valence-corrected chi connectivity index (χ3v) is 8.48. The number of ether oxygens (including phenoxy) is 1. The second-order valence-corrected chi connectivity index (χ2v) is 11.7. The highest BCUT2D eigenvalue weighted by Gasteiger charge is 2.34. The zero-order valence-electron chi connectivity index (χ0n) is 22.6. The minimum absolute atomic E-state index is 0.00938. The molecule has 0 spiro atoms. The number of nitrogens with one attached hydrogen (secondary N) is 1.